The van der Waals surface area contributed by atoms with E-state index in [4.69, 9.17) is 4.74 Å². The minimum Gasteiger partial charge on any atom is -0.383 e. The Hall–Kier alpha value is -0.450. The molecule has 0 saturated carbocycles. The summed E-state index contributed by atoms with van der Waals surface area (Å²) in [7, 11) is 1.71. The van der Waals surface area contributed by atoms with Gasteiger partial charge >= 0.3 is 0 Å². The van der Waals surface area contributed by atoms with Gasteiger partial charge in [-0.15, -0.1) is 0 Å². The fourth-order valence-electron chi connectivity index (χ4n) is 2.29. The molecule has 19 heavy (non-hydrogen) atoms. The first-order valence-electron chi connectivity index (χ1n) is 6.79. The lowest BCUT2D eigenvalue weighted by Gasteiger charge is -2.30. The van der Waals surface area contributed by atoms with Gasteiger partial charge in [-0.25, -0.2) is 4.39 Å². The number of hydrogen-bond acceptors (Lipinski definition) is 2. The molecule has 0 fully saturated rings. The summed E-state index contributed by atoms with van der Waals surface area (Å²) in [6, 6.07) is 5.71. The van der Waals surface area contributed by atoms with Gasteiger partial charge < -0.3 is 4.74 Å². The van der Waals surface area contributed by atoms with Crippen molar-refractivity contribution in [3.8, 4) is 0 Å². The van der Waals surface area contributed by atoms with E-state index in [1.807, 2.05) is 6.07 Å². The zero-order valence-electron chi connectivity index (χ0n) is 12.0. The van der Waals surface area contributed by atoms with Crippen molar-refractivity contribution in [3.63, 3.8) is 0 Å². The summed E-state index contributed by atoms with van der Waals surface area (Å²) < 4.78 is 19.3. The van der Waals surface area contributed by atoms with Crippen LogP contribution in [-0.2, 0) is 11.3 Å². The van der Waals surface area contributed by atoms with Gasteiger partial charge in [0.25, 0.3) is 0 Å². The molecule has 108 valence electrons. The van der Waals surface area contributed by atoms with Crippen molar-refractivity contribution < 1.29 is 9.13 Å². The van der Waals surface area contributed by atoms with E-state index in [-0.39, 0.29) is 5.82 Å². The Labute approximate surface area is 124 Å². The molecule has 0 N–H and O–H groups in total. The van der Waals surface area contributed by atoms with Crippen LogP contribution in [0.15, 0.2) is 22.7 Å². The van der Waals surface area contributed by atoms with Crippen LogP contribution in [0.2, 0.25) is 0 Å². The van der Waals surface area contributed by atoms with Gasteiger partial charge in [-0.2, -0.15) is 0 Å². The van der Waals surface area contributed by atoms with Crippen LogP contribution in [-0.4, -0.2) is 31.2 Å². The number of ether oxygens (including phenoxy) is 1. The fraction of sp³-hybridized carbons (Fsp3) is 0.600. The first-order valence-corrected chi connectivity index (χ1v) is 7.59. The lowest BCUT2D eigenvalue weighted by Crippen LogP contribution is -2.36. The SMILES string of the molecule is CCC(CC)N(CCOC)Cc1cccc(F)c1Br. The highest BCUT2D eigenvalue weighted by atomic mass is 79.9. The predicted molar refractivity (Wildman–Crippen MR) is 80.8 cm³/mol. The maximum absolute atomic E-state index is 13.6. The van der Waals surface area contributed by atoms with E-state index in [2.05, 4.69) is 34.7 Å². The molecule has 1 aromatic rings. The molecular formula is C15H23BrFNO. The Morgan fingerprint density at radius 2 is 2.00 bits per heavy atom. The molecule has 0 saturated heterocycles. The van der Waals surface area contributed by atoms with E-state index in [1.165, 1.54) is 6.07 Å². The van der Waals surface area contributed by atoms with Crippen molar-refractivity contribution in [1.29, 1.82) is 0 Å². The van der Waals surface area contributed by atoms with Crippen LogP contribution in [0.3, 0.4) is 0 Å². The molecule has 2 nitrogen and oxygen atoms in total. The van der Waals surface area contributed by atoms with Gasteiger partial charge in [0.2, 0.25) is 0 Å². The lowest BCUT2D eigenvalue weighted by molar-refractivity contribution is 0.110. The highest BCUT2D eigenvalue weighted by Gasteiger charge is 2.17. The standard InChI is InChI=1S/C15H23BrFNO/c1-4-13(5-2)18(9-10-19-3)11-12-7-6-8-14(17)15(12)16/h6-8,13H,4-5,9-11H2,1-3H3. The molecule has 0 radical (unpaired) electrons. The summed E-state index contributed by atoms with van der Waals surface area (Å²) in [4.78, 5) is 2.36. The van der Waals surface area contributed by atoms with Gasteiger partial charge in [-0.1, -0.05) is 26.0 Å². The molecule has 0 aliphatic rings. The summed E-state index contributed by atoms with van der Waals surface area (Å²) in [6.07, 6.45) is 2.18. The molecule has 4 heteroatoms. The highest BCUT2D eigenvalue weighted by molar-refractivity contribution is 9.10. The third-order valence-corrected chi connectivity index (χ3v) is 4.33. The first-order chi connectivity index (χ1) is 9.13. The summed E-state index contributed by atoms with van der Waals surface area (Å²) in [5, 5.41) is 0. The largest absolute Gasteiger partial charge is 0.383 e. The third kappa shape index (κ3) is 4.86. The first kappa shape index (κ1) is 16.6. The Morgan fingerprint density at radius 1 is 1.32 bits per heavy atom. The molecule has 0 spiro atoms. The van der Waals surface area contributed by atoms with E-state index in [0.717, 1.165) is 31.5 Å². The topological polar surface area (TPSA) is 12.5 Å². The second kappa shape index (κ2) is 8.67. The summed E-state index contributed by atoms with van der Waals surface area (Å²) in [5.41, 5.74) is 0.989. The smallest absolute Gasteiger partial charge is 0.137 e. The molecule has 0 amide bonds. The average Bonchev–Trinajstić information content (AvgIpc) is 2.42. The molecular weight excluding hydrogens is 309 g/mol. The van der Waals surface area contributed by atoms with Crippen molar-refractivity contribution in [1.82, 2.24) is 4.90 Å². The van der Waals surface area contributed by atoms with Crippen LogP contribution in [0.5, 0.6) is 0 Å². The maximum atomic E-state index is 13.6. The fourth-order valence-corrected chi connectivity index (χ4v) is 2.68. The Kier molecular flexibility index (Phi) is 7.57. The van der Waals surface area contributed by atoms with Gasteiger partial charge in [0.05, 0.1) is 11.1 Å². The van der Waals surface area contributed by atoms with Crippen molar-refractivity contribution in [2.75, 3.05) is 20.3 Å². The van der Waals surface area contributed by atoms with Crippen LogP contribution in [0.4, 0.5) is 4.39 Å². The van der Waals surface area contributed by atoms with Crippen LogP contribution < -0.4 is 0 Å². The summed E-state index contributed by atoms with van der Waals surface area (Å²) in [5.74, 6) is -0.200. The van der Waals surface area contributed by atoms with E-state index >= 15 is 0 Å². The van der Waals surface area contributed by atoms with E-state index < -0.39 is 0 Å². The number of methoxy groups -OCH3 is 1. The molecule has 0 aliphatic heterocycles. The molecule has 0 aromatic heterocycles. The Balaban J connectivity index is 2.83. The molecule has 0 atom stereocenters. The number of hydrogen-bond donors (Lipinski definition) is 0. The normalized spacial score (nSPS) is 11.5. The van der Waals surface area contributed by atoms with Gasteiger partial charge in [0.1, 0.15) is 5.82 Å². The third-order valence-electron chi connectivity index (χ3n) is 3.45. The quantitative estimate of drug-likeness (QED) is 0.706. The van der Waals surface area contributed by atoms with Crippen LogP contribution in [0.25, 0.3) is 0 Å². The summed E-state index contributed by atoms with van der Waals surface area (Å²) in [6.45, 7) is 6.69. The molecule has 1 aromatic carbocycles. The molecule has 0 unspecified atom stereocenters. The highest BCUT2D eigenvalue weighted by Crippen LogP contribution is 2.23. The van der Waals surface area contributed by atoms with Crippen molar-refractivity contribution in [2.24, 2.45) is 0 Å². The minimum absolute atomic E-state index is 0.200. The van der Waals surface area contributed by atoms with E-state index in [9.17, 15) is 4.39 Å². The van der Waals surface area contributed by atoms with Gasteiger partial charge in [-0.3, -0.25) is 4.90 Å². The zero-order chi connectivity index (χ0) is 14.3. The Morgan fingerprint density at radius 3 is 2.58 bits per heavy atom. The van der Waals surface area contributed by atoms with E-state index in [0.29, 0.717) is 17.1 Å². The second-order valence-corrected chi connectivity index (χ2v) is 5.44. The molecule has 0 aliphatic carbocycles. The van der Waals surface area contributed by atoms with Crippen molar-refractivity contribution >= 4 is 15.9 Å². The van der Waals surface area contributed by atoms with Gasteiger partial charge in [-0.05, 0) is 40.4 Å². The van der Waals surface area contributed by atoms with Gasteiger partial charge in [0.15, 0.2) is 0 Å². The van der Waals surface area contributed by atoms with Crippen LogP contribution in [0.1, 0.15) is 32.3 Å². The average molecular weight is 332 g/mol. The number of nitrogens with zero attached hydrogens (tertiary/aromatic N) is 1. The number of rotatable bonds is 8. The monoisotopic (exact) mass is 331 g/mol. The number of halogens is 2. The van der Waals surface area contributed by atoms with Gasteiger partial charge in [0, 0.05) is 26.2 Å². The molecule has 0 heterocycles. The summed E-state index contributed by atoms with van der Waals surface area (Å²) >= 11 is 3.34. The minimum atomic E-state index is -0.200. The predicted octanol–water partition coefficient (Wildman–Crippen LogP) is 4.23. The van der Waals surface area contributed by atoms with Crippen LogP contribution >= 0.6 is 15.9 Å². The van der Waals surface area contributed by atoms with E-state index in [1.54, 1.807) is 13.2 Å². The lowest BCUT2D eigenvalue weighted by atomic mass is 10.1. The van der Waals surface area contributed by atoms with Crippen molar-refractivity contribution in [3.05, 3.63) is 34.1 Å². The zero-order valence-corrected chi connectivity index (χ0v) is 13.5. The number of benzene rings is 1. The second-order valence-electron chi connectivity index (χ2n) is 4.65. The maximum Gasteiger partial charge on any atom is 0.137 e. The van der Waals surface area contributed by atoms with Crippen molar-refractivity contribution in [2.45, 2.75) is 39.3 Å². The Bertz CT molecular complexity index is 382. The molecule has 1 rings (SSSR count). The van der Waals surface area contributed by atoms with Crippen LogP contribution in [0, 0.1) is 5.82 Å². The molecule has 0 bridgehead atoms.